The molecule has 2 heterocycles. The molecule has 126 valence electrons. The van der Waals surface area contributed by atoms with Gasteiger partial charge in [0.05, 0.1) is 6.21 Å². The number of carbonyl (C=O) groups is 1. The molecular formula is C19H17N3O3. The lowest BCUT2D eigenvalue weighted by atomic mass is 10.2. The van der Waals surface area contributed by atoms with E-state index < -0.39 is 6.10 Å². The summed E-state index contributed by atoms with van der Waals surface area (Å²) in [5.41, 5.74) is 4.56. The standard InChI is InChI=1S/C19H17N3O3/c1-22-11-13(14-6-2-3-7-15(14)22)10-20-21-19(23)18-12-24-16-8-4-5-9-17(16)25-18/h2-11,18H,12H2,1H3,(H,21,23)/t18-/m0/s1. The van der Waals surface area contributed by atoms with Crippen LogP contribution in [-0.4, -0.2) is 29.4 Å². The van der Waals surface area contributed by atoms with Crippen LogP contribution in [0.1, 0.15) is 5.56 Å². The second-order valence-electron chi connectivity index (χ2n) is 5.81. The van der Waals surface area contributed by atoms with E-state index in [0.29, 0.717) is 11.5 Å². The van der Waals surface area contributed by atoms with E-state index in [-0.39, 0.29) is 12.5 Å². The molecule has 1 N–H and O–H groups in total. The summed E-state index contributed by atoms with van der Waals surface area (Å²) in [7, 11) is 1.98. The summed E-state index contributed by atoms with van der Waals surface area (Å²) in [5, 5.41) is 5.14. The average molecular weight is 335 g/mol. The van der Waals surface area contributed by atoms with E-state index in [1.165, 1.54) is 0 Å². The van der Waals surface area contributed by atoms with Crippen molar-refractivity contribution < 1.29 is 14.3 Å². The molecule has 0 radical (unpaired) electrons. The number of aromatic nitrogens is 1. The first-order chi connectivity index (χ1) is 12.2. The number of hydrogen-bond acceptors (Lipinski definition) is 4. The number of para-hydroxylation sites is 3. The first-order valence-electron chi connectivity index (χ1n) is 7.98. The third-order valence-corrected chi connectivity index (χ3v) is 4.11. The normalized spacial score (nSPS) is 16.3. The van der Waals surface area contributed by atoms with Gasteiger partial charge < -0.3 is 14.0 Å². The van der Waals surface area contributed by atoms with Crippen LogP contribution in [0.25, 0.3) is 10.9 Å². The maximum Gasteiger partial charge on any atom is 0.284 e. The SMILES string of the molecule is Cn1cc(C=NNC(=O)[C@@H]2COc3ccccc3O2)c2ccccc21. The molecule has 0 saturated carbocycles. The van der Waals surface area contributed by atoms with Crippen LogP contribution in [0.2, 0.25) is 0 Å². The van der Waals surface area contributed by atoms with Crippen LogP contribution < -0.4 is 14.9 Å². The second kappa shape index (κ2) is 6.32. The maximum atomic E-state index is 12.2. The predicted molar refractivity (Wildman–Crippen MR) is 95.0 cm³/mol. The molecule has 0 spiro atoms. The summed E-state index contributed by atoms with van der Waals surface area (Å²) in [6.07, 6.45) is 2.88. The number of hydrazone groups is 1. The van der Waals surface area contributed by atoms with Crippen molar-refractivity contribution in [3.8, 4) is 11.5 Å². The third kappa shape index (κ3) is 2.94. The molecule has 1 amide bonds. The highest BCUT2D eigenvalue weighted by Crippen LogP contribution is 2.30. The fraction of sp³-hybridized carbons (Fsp3) is 0.158. The van der Waals surface area contributed by atoms with Gasteiger partial charge in [0.25, 0.3) is 5.91 Å². The Bertz CT molecular complexity index is 961. The third-order valence-electron chi connectivity index (χ3n) is 4.11. The van der Waals surface area contributed by atoms with Gasteiger partial charge in [0, 0.05) is 29.7 Å². The van der Waals surface area contributed by atoms with Crippen LogP contribution in [0, 0.1) is 0 Å². The van der Waals surface area contributed by atoms with Crippen LogP contribution in [0.4, 0.5) is 0 Å². The number of carbonyl (C=O) groups excluding carboxylic acids is 1. The monoisotopic (exact) mass is 335 g/mol. The van der Waals surface area contributed by atoms with Crippen molar-refractivity contribution in [3.63, 3.8) is 0 Å². The minimum atomic E-state index is -0.723. The zero-order chi connectivity index (χ0) is 17.2. The fourth-order valence-electron chi connectivity index (χ4n) is 2.86. The number of amides is 1. The maximum absolute atomic E-state index is 12.2. The number of benzene rings is 2. The lowest BCUT2D eigenvalue weighted by Gasteiger charge is -2.24. The molecule has 0 unspecified atom stereocenters. The van der Waals surface area contributed by atoms with Gasteiger partial charge in [-0.2, -0.15) is 5.10 Å². The van der Waals surface area contributed by atoms with Gasteiger partial charge in [-0.3, -0.25) is 4.79 Å². The van der Waals surface area contributed by atoms with Gasteiger partial charge >= 0.3 is 0 Å². The Kier molecular flexibility index (Phi) is 3.85. The fourth-order valence-corrected chi connectivity index (χ4v) is 2.86. The summed E-state index contributed by atoms with van der Waals surface area (Å²) in [6.45, 7) is 0.159. The van der Waals surface area contributed by atoms with Gasteiger partial charge in [0.1, 0.15) is 6.61 Å². The smallest absolute Gasteiger partial charge is 0.284 e. The molecule has 1 atom stereocenters. The Morgan fingerprint density at radius 1 is 1.20 bits per heavy atom. The highest BCUT2D eigenvalue weighted by atomic mass is 16.6. The molecule has 2 aromatic carbocycles. The van der Waals surface area contributed by atoms with E-state index >= 15 is 0 Å². The average Bonchev–Trinajstić information content (AvgIpc) is 2.97. The molecule has 0 bridgehead atoms. The molecule has 0 aliphatic carbocycles. The van der Waals surface area contributed by atoms with Crippen LogP contribution in [0.15, 0.2) is 59.8 Å². The lowest BCUT2D eigenvalue weighted by Crippen LogP contribution is -2.42. The molecule has 0 saturated heterocycles. The van der Waals surface area contributed by atoms with Crippen molar-refractivity contribution in [2.24, 2.45) is 12.1 Å². The Morgan fingerprint density at radius 3 is 2.84 bits per heavy atom. The van der Waals surface area contributed by atoms with Crippen molar-refractivity contribution >= 4 is 23.0 Å². The molecule has 1 aliphatic heterocycles. The highest BCUT2D eigenvalue weighted by molar-refractivity contribution is 5.99. The number of aryl methyl sites for hydroxylation is 1. The quantitative estimate of drug-likeness (QED) is 0.591. The summed E-state index contributed by atoms with van der Waals surface area (Å²) in [4.78, 5) is 12.2. The molecule has 6 heteroatoms. The van der Waals surface area contributed by atoms with E-state index in [0.717, 1.165) is 16.5 Å². The van der Waals surface area contributed by atoms with Gasteiger partial charge in [0.15, 0.2) is 11.5 Å². The first-order valence-corrected chi connectivity index (χ1v) is 7.98. The molecule has 0 fully saturated rings. The van der Waals surface area contributed by atoms with Crippen LogP contribution in [0.3, 0.4) is 0 Å². The van der Waals surface area contributed by atoms with E-state index in [2.05, 4.69) is 10.5 Å². The first kappa shape index (κ1) is 15.3. The van der Waals surface area contributed by atoms with Gasteiger partial charge in [-0.05, 0) is 18.2 Å². The zero-order valence-electron chi connectivity index (χ0n) is 13.7. The Morgan fingerprint density at radius 2 is 1.96 bits per heavy atom. The summed E-state index contributed by atoms with van der Waals surface area (Å²) in [5.74, 6) is 0.865. The van der Waals surface area contributed by atoms with Crippen molar-refractivity contribution in [1.82, 2.24) is 9.99 Å². The highest BCUT2D eigenvalue weighted by Gasteiger charge is 2.26. The lowest BCUT2D eigenvalue weighted by molar-refractivity contribution is -0.130. The molecule has 1 aromatic heterocycles. The molecule has 1 aliphatic rings. The number of fused-ring (bicyclic) bond motifs is 2. The predicted octanol–water partition coefficient (Wildman–Crippen LogP) is 2.47. The number of nitrogens with one attached hydrogen (secondary N) is 1. The Labute approximate surface area is 144 Å². The van der Waals surface area contributed by atoms with Crippen molar-refractivity contribution in [2.45, 2.75) is 6.10 Å². The van der Waals surface area contributed by atoms with Gasteiger partial charge in [0.2, 0.25) is 6.10 Å². The van der Waals surface area contributed by atoms with Gasteiger partial charge in [-0.15, -0.1) is 0 Å². The summed E-state index contributed by atoms with van der Waals surface area (Å²) in [6, 6.07) is 15.3. The number of ether oxygens (including phenoxy) is 2. The zero-order valence-corrected chi connectivity index (χ0v) is 13.7. The number of hydrogen-bond donors (Lipinski definition) is 1. The molecule has 4 rings (SSSR count). The Balaban J connectivity index is 1.44. The molecule has 25 heavy (non-hydrogen) atoms. The van der Waals surface area contributed by atoms with Crippen molar-refractivity contribution in [2.75, 3.05) is 6.61 Å². The van der Waals surface area contributed by atoms with E-state index in [1.807, 2.05) is 60.3 Å². The van der Waals surface area contributed by atoms with E-state index in [9.17, 15) is 4.79 Å². The van der Waals surface area contributed by atoms with Crippen molar-refractivity contribution in [3.05, 3.63) is 60.3 Å². The largest absolute Gasteiger partial charge is 0.485 e. The van der Waals surface area contributed by atoms with Crippen LogP contribution in [-0.2, 0) is 11.8 Å². The summed E-state index contributed by atoms with van der Waals surface area (Å²) < 4.78 is 13.2. The summed E-state index contributed by atoms with van der Waals surface area (Å²) >= 11 is 0. The van der Waals surface area contributed by atoms with Crippen molar-refractivity contribution in [1.29, 1.82) is 0 Å². The molecule has 3 aromatic rings. The minimum absolute atomic E-state index is 0.159. The number of nitrogens with zero attached hydrogens (tertiary/aromatic N) is 2. The number of rotatable bonds is 3. The minimum Gasteiger partial charge on any atom is -0.485 e. The molecular weight excluding hydrogens is 318 g/mol. The van der Waals surface area contributed by atoms with Gasteiger partial charge in [-0.25, -0.2) is 5.43 Å². The van der Waals surface area contributed by atoms with E-state index in [1.54, 1.807) is 12.3 Å². The topological polar surface area (TPSA) is 64.9 Å². The van der Waals surface area contributed by atoms with Gasteiger partial charge in [-0.1, -0.05) is 30.3 Å². The Hall–Kier alpha value is -3.28. The molecule has 6 nitrogen and oxygen atoms in total. The van der Waals surface area contributed by atoms with E-state index in [4.69, 9.17) is 9.47 Å². The van der Waals surface area contributed by atoms with Crippen LogP contribution in [0.5, 0.6) is 11.5 Å². The van der Waals surface area contributed by atoms with Crippen LogP contribution >= 0.6 is 0 Å². The second-order valence-corrected chi connectivity index (χ2v) is 5.81.